The predicted molar refractivity (Wildman–Crippen MR) is 106 cm³/mol. The lowest BCUT2D eigenvalue weighted by Gasteiger charge is -2.13. The summed E-state index contributed by atoms with van der Waals surface area (Å²) in [5.41, 5.74) is 3.61. The Morgan fingerprint density at radius 3 is 3.11 bits per heavy atom. The molecule has 4 rings (SSSR count). The van der Waals surface area contributed by atoms with E-state index in [1.54, 1.807) is 24.7 Å². The number of imidazole rings is 1. The number of nitrogens with zero attached hydrogens (tertiary/aromatic N) is 2. The number of nitrogens with one attached hydrogen (secondary N) is 3. The first kappa shape index (κ1) is 17.7. The molecule has 2 unspecified atom stereocenters. The van der Waals surface area contributed by atoms with Gasteiger partial charge in [-0.3, -0.25) is 0 Å². The molecule has 3 heterocycles. The Hall–Kier alpha value is -2.74. The van der Waals surface area contributed by atoms with Gasteiger partial charge in [-0.1, -0.05) is 23.9 Å². The smallest absolute Gasteiger partial charge is 0.186 e. The molecule has 0 spiro atoms. The van der Waals surface area contributed by atoms with E-state index in [4.69, 9.17) is 9.72 Å². The molecule has 27 heavy (non-hydrogen) atoms. The molecular weight excluding hydrogens is 365 g/mol. The monoisotopic (exact) mass is 385 g/mol. The highest BCUT2D eigenvalue weighted by molar-refractivity contribution is 7.98. The Bertz CT molecular complexity index is 899. The van der Waals surface area contributed by atoms with Crippen LogP contribution in [0.15, 0.2) is 54.2 Å². The minimum atomic E-state index is -0.919. The van der Waals surface area contributed by atoms with Gasteiger partial charge in [0.25, 0.3) is 0 Å². The molecule has 8 heteroatoms. The Morgan fingerprint density at radius 2 is 2.37 bits per heavy atom. The molecule has 2 aromatic rings. The van der Waals surface area contributed by atoms with Gasteiger partial charge in [0.1, 0.15) is 18.3 Å². The first-order valence-electron chi connectivity index (χ1n) is 8.66. The summed E-state index contributed by atoms with van der Waals surface area (Å²) < 4.78 is 18.8. The summed E-state index contributed by atoms with van der Waals surface area (Å²) in [5.74, 6) is 0.737. The van der Waals surface area contributed by atoms with Crippen LogP contribution in [0.2, 0.25) is 0 Å². The largest absolute Gasteiger partial charge is 0.475 e. The van der Waals surface area contributed by atoms with Gasteiger partial charge in [-0.15, -0.1) is 0 Å². The molecule has 0 aromatic carbocycles. The van der Waals surface area contributed by atoms with Gasteiger partial charge in [-0.2, -0.15) is 0 Å². The van der Waals surface area contributed by atoms with Crippen molar-refractivity contribution in [2.24, 2.45) is 0 Å². The molecule has 6 nitrogen and oxygen atoms in total. The summed E-state index contributed by atoms with van der Waals surface area (Å²) in [5, 5.41) is 7.16. The number of anilines is 1. The Kier molecular flexibility index (Phi) is 5.15. The number of allylic oxidation sites excluding steroid dienone is 4. The topological polar surface area (TPSA) is 74.9 Å². The van der Waals surface area contributed by atoms with Crippen LogP contribution in [0.1, 0.15) is 12.1 Å². The second kappa shape index (κ2) is 7.87. The lowest BCUT2D eigenvalue weighted by Crippen LogP contribution is -2.29. The molecule has 1 aliphatic heterocycles. The van der Waals surface area contributed by atoms with Crippen LogP contribution in [0.5, 0.6) is 0 Å². The number of hydrogen-bond acceptors (Lipinski definition) is 6. The molecule has 140 valence electrons. The second-order valence-electron chi connectivity index (χ2n) is 6.14. The molecular formula is C19H20FN5OS. The Labute approximate surface area is 161 Å². The van der Waals surface area contributed by atoms with E-state index in [9.17, 15) is 4.39 Å². The van der Waals surface area contributed by atoms with Crippen LogP contribution < -0.4 is 10.6 Å². The molecule has 2 aromatic heterocycles. The fraction of sp³-hybridized carbons (Fsp3) is 0.263. The molecule has 0 amide bonds. The maximum Gasteiger partial charge on any atom is 0.186 e. The standard InChI is InChI=1S/C19H20FN5OS/c1-27-19-24-17(12-2-4-14(20)5-3-12)18(25-19)13-6-7-21-15(10-13)23-11-16-22-8-9-26-16/h2-4,6-10,14,16,22H,5,11H2,1H3,(H,21,23)(H,24,25). The molecule has 0 bridgehead atoms. The summed E-state index contributed by atoms with van der Waals surface area (Å²) >= 11 is 1.54. The average Bonchev–Trinajstić information content (AvgIpc) is 3.37. The van der Waals surface area contributed by atoms with Crippen molar-refractivity contribution < 1.29 is 9.13 Å². The summed E-state index contributed by atoms with van der Waals surface area (Å²) in [7, 11) is 0. The highest BCUT2D eigenvalue weighted by Gasteiger charge is 2.18. The summed E-state index contributed by atoms with van der Waals surface area (Å²) in [4.78, 5) is 12.4. The van der Waals surface area contributed by atoms with E-state index in [0.717, 1.165) is 33.5 Å². The van der Waals surface area contributed by atoms with E-state index in [2.05, 4.69) is 20.6 Å². The van der Waals surface area contributed by atoms with Crippen LogP contribution >= 0.6 is 11.8 Å². The van der Waals surface area contributed by atoms with Crippen molar-refractivity contribution in [3.05, 3.63) is 54.7 Å². The van der Waals surface area contributed by atoms with Gasteiger partial charge in [-0.05, 0) is 30.0 Å². The van der Waals surface area contributed by atoms with Crippen molar-refractivity contribution in [1.29, 1.82) is 0 Å². The number of H-pyrrole nitrogens is 1. The zero-order valence-corrected chi connectivity index (χ0v) is 15.6. The average molecular weight is 385 g/mol. The lowest BCUT2D eigenvalue weighted by atomic mass is 10.00. The third-order valence-corrected chi connectivity index (χ3v) is 4.89. The lowest BCUT2D eigenvalue weighted by molar-refractivity contribution is 0.164. The van der Waals surface area contributed by atoms with Gasteiger partial charge < -0.3 is 20.4 Å². The number of aromatic amines is 1. The molecule has 0 saturated heterocycles. The fourth-order valence-corrected chi connectivity index (χ4v) is 3.33. The minimum Gasteiger partial charge on any atom is -0.475 e. The van der Waals surface area contributed by atoms with Crippen LogP contribution in [0, 0.1) is 0 Å². The molecule has 3 N–H and O–H groups in total. The van der Waals surface area contributed by atoms with E-state index in [0.29, 0.717) is 13.0 Å². The van der Waals surface area contributed by atoms with Crippen LogP contribution in [0.4, 0.5) is 10.2 Å². The molecule has 2 atom stereocenters. The molecule has 2 aliphatic rings. The molecule has 0 radical (unpaired) electrons. The predicted octanol–water partition coefficient (Wildman–Crippen LogP) is 3.70. The quantitative estimate of drug-likeness (QED) is 0.659. The molecule has 1 aliphatic carbocycles. The number of alkyl halides is 1. The van der Waals surface area contributed by atoms with Crippen LogP contribution in [-0.4, -0.2) is 40.2 Å². The van der Waals surface area contributed by atoms with Gasteiger partial charge in [0.05, 0.1) is 17.9 Å². The van der Waals surface area contributed by atoms with Crippen molar-refractivity contribution in [3.63, 3.8) is 0 Å². The zero-order valence-electron chi connectivity index (χ0n) is 14.8. The normalized spacial score (nSPS) is 20.9. The fourth-order valence-electron chi connectivity index (χ4n) is 2.94. The Morgan fingerprint density at radius 1 is 1.44 bits per heavy atom. The summed E-state index contributed by atoms with van der Waals surface area (Å²) in [6.45, 7) is 0.582. The van der Waals surface area contributed by atoms with E-state index in [-0.39, 0.29) is 6.23 Å². The van der Waals surface area contributed by atoms with E-state index >= 15 is 0 Å². The Balaban J connectivity index is 1.60. The first-order valence-corrected chi connectivity index (χ1v) is 9.89. The van der Waals surface area contributed by atoms with Crippen LogP contribution in [-0.2, 0) is 4.74 Å². The molecule has 0 saturated carbocycles. The van der Waals surface area contributed by atoms with Gasteiger partial charge in [-0.25, -0.2) is 14.4 Å². The van der Waals surface area contributed by atoms with Crippen LogP contribution in [0.25, 0.3) is 16.8 Å². The third-order valence-electron chi connectivity index (χ3n) is 4.31. The summed E-state index contributed by atoms with van der Waals surface area (Å²) in [6, 6.07) is 3.88. The number of hydrogen-bond donors (Lipinski definition) is 3. The van der Waals surface area contributed by atoms with E-state index in [1.165, 1.54) is 11.8 Å². The van der Waals surface area contributed by atoms with Crippen molar-refractivity contribution >= 4 is 23.2 Å². The van der Waals surface area contributed by atoms with Gasteiger partial charge in [0, 0.05) is 24.4 Å². The second-order valence-corrected chi connectivity index (χ2v) is 6.94. The number of thioether (sulfide) groups is 1. The van der Waals surface area contributed by atoms with Crippen molar-refractivity contribution in [3.8, 4) is 11.3 Å². The maximum absolute atomic E-state index is 13.4. The maximum atomic E-state index is 13.4. The van der Waals surface area contributed by atoms with Crippen molar-refractivity contribution in [1.82, 2.24) is 20.3 Å². The van der Waals surface area contributed by atoms with Gasteiger partial charge in [0.2, 0.25) is 0 Å². The van der Waals surface area contributed by atoms with E-state index < -0.39 is 6.17 Å². The SMILES string of the molecule is CSc1nc(-c2ccnc(NCC3NC=CO3)c2)c(C2=CCC(F)C=C2)[nH]1. The van der Waals surface area contributed by atoms with Crippen LogP contribution in [0.3, 0.4) is 0 Å². The molecule has 0 fully saturated rings. The number of pyridine rings is 1. The minimum absolute atomic E-state index is 0.106. The van der Waals surface area contributed by atoms with Crippen molar-refractivity contribution in [2.75, 3.05) is 18.1 Å². The number of aromatic nitrogens is 3. The zero-order chi connectivity index (χ0) is 18.6. The van der Waals surface area contributed by atoms with E-state index in [1.807, 2.05) is 30.5 Å². The highest BCUT2D eigenvalue weighted by atomic mass is 32.2. The first-order chi connectivity index (χ1) is 13.2. The number of halogens is 1. The highest BCUT2D eigenvalue weighted by Crippen LogP contribution is 2.32. The number of rotatable bonds is 6. The summed E-state index contributed by atoms with van der Waals surface area (Å²) in [6.07, 6.45) is 11.8. The number of ether oxygens (including phenoxy) is 1. The third kappa shape index (κ3) is 4.00. The van der Waals surface area contributed by atoms with Crippen molar-refractivity contribution in [2.45, 2.75) is 24.0 Å². The van der Waals surface area contributed by atoms with Gasteiger partial charge >= 0.3 is 0 Å². The van der Waals surface area contributed by atoms with Gasteiger partial charge in [0.15, 0.2) is 11.4 Å².